The average Bonchev–Trinajstić information content (AvgIpc) is 2.69. The molecule has 2 aromatic carbocycles. The van der Waals surface area contributed by atoms with Crippen LogP contribution < -0.4 is 10.1 Å². The number of amides is 2. The Balaban J connectivity index is 1.59. The summed E-state index contributed by atoms with van der Waals surface area (Å²) in [7, 11) is 0. The van der Waals surface area contributed by atoms with Crippen molar-refractivity contribution in [2.75, 3.05) is 36.5 Å². The van der Waals surface area contributed by atoms with Crippen molar-refractivity contribution in [3.05, 3.63) is 58.1 Å². The summed E-state index contributed by atoms with van der Waals surface area (Å²) in [6.45, 7) is 5.21. The minimum Gasteiger partial charge on any atom is -0.483 e. The Morgan fingerprint density at radius 2 is 1.86 bits per heavy atom. The van der Waals surface area contributed by atoms with E-state index in [-0.39, 0.29) is 18.4 Å². The molecule has 1 heterocycles. The van der Waals surface area contributed by atoms with Crippen molar-refractivity contribution in [3.8, 4) is 5.75 Å². The molecule has 7 heteroatoms. The molecule has 1 saturated heterocycles. The van der Waals surface area contributed by atoms with Crippen LogP contribution in [-0.4, -0.2) is 47.9 Å². The molecular formula is C21H23ClN2O3S. The molecule has 28 heavy (non-hydrogen) atoms. The molecule has 0 aliphatic carbocycles. The van der Waals surface area contributed by atoms with Gasteiger partial charge < -0.3 is 15.0 Å². The van der Waals surface area contributed by atoms with E-state index >= 15 is 0 Å². The molecule has 2 amide bonds. The number of nitrogens with zero attached hydrogens (tertiary/aromatic N) is 1. The normalized spacial score (nSPS) is 13.9. The van der Waals surface area contributed by atoms with E-state index in [0.29, 0.717) is 22.0 Å². The van der Waals surface area contributed by atoms with E-state index in [1.807, 2.05) is 36.6 Å². The summed E-state index contributed by atoms with van der Waals surface area (Å²) in [5, 5.41) is 3.47. The first-order valence-electron chi connectivity index (χ1n) is 9.10. The van der Waals surface area contributed by atoms with Crippen LogP contribution >= 0.6 is 23.4 Å². The van der Waals surface area contributed by atoms with E-state index in [1.165, 1.54) is 0 Å². The second-order valence-corrected chi connectivity index (χ2v) is 8.34. The highest BCUT2D eigenvalue weighted by Crippen LogP contribution is 2.22. The molecule has 1 aliphatic rings. The van der Waals surface area contributed by atoms with Gasteiger partial charge in [0, 0.05) is 40.9 Å². The molecule has 148 valence electrons. The van der Waals surface area contributed by atoms with E-state index in [1.54, 1.807) is 30.3 Å². The van der Waals surface area contributed by atoms with Gasteiger partial charge in [0.2, 0.25) is 0 Å². The van der Waals surface area contributed by atoms with Crippen molar-refractivity contribution in [2.24, 2.45) is 0 Å². The van der Waals surface area contributed by atoms with Crippen LogP contribution in [0.4, 0.5) is 5.69 Å². The first kappa shape index (κ1) is 20.6. The lowest BCUT2D eigenvalue weighted by molar-refractivity contribution is -0.118. The van der Waals surface area contributed by atoms with Crippen molar-refractivity contribution >= 4 is 40.9 Å². The maximum Gasteiger partial charge on any atom is 0.262 e. The third kappa shape index (κ3) is 5.20. The molecule has 1 fully saturated rings. The number of anilines is 1. The quantitative estimate of drug-likeness (QED) is 0.791. The van der Waals surface area contributed by atoms with Crippen LogP contribution in [0.25, 0.3) is 0 Å². The maximum atomic E-state index is 12.6. The van der Waals surface area contributed by atoms with Gasteiger partial charge in [0.25, 0.3) is 11.8 Å². The zero-order valence-corrected chi connectivity index (χ0v) is 17.5. The van der Waals surface area contributed by atoms with Crippen molar-refractivity contribution in [3.63, 3.8) is 0 Å². The van der Waals surface area contributed by atoms with Gasteiger partial charge in [-0.05, 0) is 61.4 Å². The second kappa shape index (κ2) is 9.34. The molecule has 5 nitrogen and oxygen atoms in total. The molecule has 0 bridgehead atoms. The molecule has 0 spiro atoms. The topological polar surface area (TPSA) is 58.6 Å². The van der Waals surface area contributed by atoms with Gasteiger partial charge in [-0.25, -0.2) is 0 Å². The number of carbonyl (C=O) groups is 2. The number of thioether (sulfide) groups is 1. The van der Waals surface area contributed by atoms with Crippen molar-refractivity contribution in [2.45, 2.75) is 13.8 Å². The summed E-state index contributed by atoms with van der Waals surface area (Å²) in [5.41, 5.74) is 3.03. The lowest BCUT2D eigenvalue weighted by Crippen LogP contribution is -2.37. The van der Waals surface area contributed by atoms with Crippen LogP contribution in [0, 0.1) is 13.8 Å². The molecule has 2 aromatic rings. The maximum absolute atomic E-state index is 12.6. The fourth-order valence-electron chi connectivity index (χ4n) is 2.99. The Labute approximate surface area is 174 Å². The third-order valence-corrected chi connectivity index (χ3v) is 5.72. The van der Waals surface area contributed by atoms with Crippen molar-refractivity contribution in [1.29, 1.82) is 0 Å². The van der Waals surface area contributed by atoms with E-state index in [4.69, 9.17) is 16.3 Å². The highest BCUT2D eigenvalue weighted by atomic mass is 35.5. The number of hydrogen-bond donors (Lipinski definition) is 1. The zero-order chi connectivity index (χ0) is 20.1. The van der Waals surface area contributed by atoms with Gasteiger partial charge in [-0.3, -0.25) is 9.59 Å². The van der Waals surface area contributed by atoms with Gasteiger partial charge >= 0.3 is 0 Å². The summed E-state index contributed by atoms with van der Waals surface area (Å²) in [6, 6.07) is 10.6. The predicted octanol–water partition coefficient (Wildman–Crippen LogP) is 4.16. The molecule has 0 unspecified atom stereocenters. The molecule has 1 aliphatic heterocycles. The fraction of sp³-hybridized carbons (Fsp3) is 0.333. The van der Waals surface area contributed by atoms with Crippen LogP contribution in [0.5, 0.6) is 5.75 Å². The van der Waals surface area contributed by atoms with Crippen LogP contribution in [0.1, 0.15) is 21.5 Å². The number of hydrogen-bond acceptors (Lipinski definition) is 4. The summed E-state index contributed by atoms with van der Waals surface area (Å²) in [5.74, 6) is 2.36. The van der Waals surface area contributed by atoms with E-state index in [9.17, 15) is 9.59 Å². The van der Waals surface area contributed by atoms with Gasteiger partial charge in [0.05, 0.1) is 0 Å². The lowest BCUT2D eigenvalue weighted by Gasteiger charge is -2.26. The Kier molecular flexibility index (Phi) is 6.86. The number of carbonyl (C=O) groups excluding carboxylic acids is 2. The van der Waals surface area contributed by atoms with Crippen molar-refractivity contribution < 1.29 is 14.3 Å². The van der Waals surface area contributed by atoms with E-state index in [0.717, 1.165) is 35.7 Å². The standard InChI is InChI=1S/C21H23ClN2O3S/c1-14-11-16(21(26)24-7-9-28-10-8-24)3-5-18(14)23-20(25)13-27-19-6-4-17(22)12-15(19)2/h3-6,11-12H,7-10,13H2,1-2H3,(H,23,25). The minimum atomic E-state index is -0.260. The Morgan fingerprint density at radius 3 is 2.54 bits per heavy atom. The largest absolute Gasteiger partial charge is 0.483 e. The SMILES string of the molecule is Cc1cc(C(=O)N2CCSCC2)ccc1NC(=O)COc1ccc(Cl)cc1C. The molecule has 3 rings (SSSR count). The van der Waals surface area contributed by atoms with Crippen LogP contribution in [-0.2, 0) is 4.79 Å². The fourth-order valence-corrected chi connectivity index (χ4v) is 4.12. The molecule has 0 atom stereocenters. The van der Waals surface area contributed by atoms with Gasteiger partial charge in [-0.1, -0.05) is 11.6 Å². The number of nitrogens with one attached hydrogen (secondary N) is 1. The molecule has 1 N–H and O–H groups in total. The Morgan fingerprint density at radius 1 is 1.11 bits per heavy atom. The summed E-state index contributed by atoms with van der Waals surface area (Å²) < 4.78 is 5.57. The summed E-state index contributed by atoms with van der Waals surface area (Å²) >= 11 is 7.79. The van der Waals surface area contributed by atoms with E-state index < -0.39 is 0 Å². The van der Waals surface area contributed by atoms with E-state index in [2.05, 4.69) is 5.32 Å². The van der Waals surface area contributed by atoms with Gasteiger partial charge in [0.1, 0.15) is 5.75 Å². The number of aryl methyl sites for hydroxylation is 2. The summed E-state index contributed by atoms with van der Waals surface area (Å²) in [4.78, 5) is 26.7. The lowest BCUT2D eigenvalue weighted by atomic mass is 10.1. The van der Waals surface area contributed by atoms with Crippen LogP contribution in [0.15, 0.2) is 36.4 Å². The molecule has 0 radical (unpaired) electrons. The van der Waals surface area contributed by atoms with Crippen LogP contribution in [0.2, 0.25) is 5.02 Å². The van der Waals surface area contributed by atoms with Gasteiger partial charge in [0.15, 0.2) is 6.61 Å². The first-order chi connectivity index (χ1) is 13.4. The number of benzene rings is 2. The summed E-state index contributed by atoms with van der Waals surface area (Å²) in [6.07, 6.45) is 0. The molecule has 0 aromatic heterocycles. The molecular weight excluding hydrogens is 396 g/mol. The second-order valence-electron chi connectivity index (χ2n) is 6.68. The average molecular weight is 419 g/mol. The predicted molar refractivity (Wildman–Crippen MR) is 115 cm³/mol. The Bertz CT molecular complexity index is 882. The minimum absolute atomic E-state index is 0.0443. The van der Waals surface area contributed by atoms with Gasteiger partial charge in [-0.2, -0.15) is 11.8 Å². The zero-order valence-electron chi connectivity index (χ0n) is 16.0. The Hall–Kier alpha value is -2.18. The first-order valence-corrected chi connectivity index (χ1v) is 10.6. The van der Waals surface area contributed by atoms with Crippen molar-refractivity contribution in [1.82, 2.24) is 4.90 Å². The molecule has 0 saturated carbocycles. The highest BCUT2D eigenvalue weighted by molar-refractivity contribution is 7.99. The third-order valence-electron chi connectivity index (χ3n) is 4.54. The highest BCUT2D eigenvalue weighted by Gasteiger charge is 2.19. The van der Waals surface area contributed by atoms with Crippen LogP contribution in [0.3, 0.4) is 0 Å². The number of rotatable bonds is 5. The van der Waals surface area contributed by atoms with Gasteiger partial charge in [-0.15, -0.1) is 0 Å². The number of halogens is 1. The monoisotopic (exact) mass is 418 g/mol. The smallest absolute Gasteiger partial charge is 0.262 e. The number of ether oxygens (including phenoxy) is 1.